The summed E-state index contributed by atoms with van der Waals surface area (Å²) in [6.45, 7) is 10.1. The van der Waals surface area contributed by atoms with Crippen molar-refractivity contribution in [2.45, 2.75) is 70.6 Å². The molecule has 0 spiro atoms. The molecule has 5 rings (SSSR count). The Morgan fingerprint density at radius 3 is 2.48 bits per heavy atom. The molecule has 2 aliphatic heterocycles. The van der Waals surface area contributed by atoms with Crippen molar-refractivity contribution in [1.82, 2.24) is 15.1 Å². The summed E-state index contributed by atoms with van der Waals surface area (Å²) in [5.74, 6) is -0.461. The van der Waals surface area contributed by atoms with Gasteiger partial charge in [-0.3, -0.25) is 14.6 Å². The van der Waals surface area contributed by atoms with Crippen molar-refractivity contribution in [3.8, 4) is 11.5 Å². The topological polar surface area (TPSA) is 123 Å². The van der Waals surface area contributed by atoms with Gasteiger partial charge in [0.05, 0.1) is 18.4 Å². The summed E-state index contributed by atoms with van der Waals surface area (Å²) >= 11 is 0. The standard InChI is InChI=1S/C35H43FN4O6/c1-7-40(33(43)46-34(2,3)4)28-19-22(36)18-26-30(28)38-32(42)35(26,5)39-17-16-24(27(37)20-39)25-10-8-9-11-29(25)45-23-14-12-21(13-15-23)31(41)44-6/h8-15,19,24,26-27H,7,16-18,20,37H2,1-6H3,(H,38,42)/t24-,26?,27+,35?/m1/s1. The van der Waals surface area contributed by atoms with Gasteiger partial charge < -0.3 is 25.3 Å². The highest BCUT2D eigenvalue weighted by Crippen LogP contribution is 2.47. The van der Waals surface area contributed by atoms with E-state index in [0.29, 0.717) is 48.0 Å². The number of methoxy groups -OCH3 is 1. The van der Waals surface area contributed by atoms with E-state index in [2.05, 4.69) is 10.2 Å². The zero-order chi connectivity index (χ0) is 33.4. The van der Waals surface area contributed by atoms with Crippen LogP contribution in [0.1, 0.15) is 69.3 Å². The Balaban J connectivity index is 1.36. The van der Waals surface area contributed by atoms with Gasteiger partial charge in [0.1, 0.15) is 28.5 Å². The summed E-state index contributed by atoms with van der Waals surface area (Å²) in [4.78, 5) is 42.1. The number of carbonyl (C=O) groups is 3. The first-order valence-electron chi connectivity index (χ1n) is 15.6. The summed E-state index contributed by atoms with van der Waals surface area (Å²) in [5, 5.41) is 3.00. The quantitative estimate of drug-likeness (QED) is 0.377. The highest BCUT2D eigenvalue weighted by atomic mass is 19.1. The van der Waals surface area contributed by atoms with Crippen LogP contribution in [0.2, 0.25) is 0 Å². The maximum Gasteiger partial charge on any atom is 0.414 e. The summed E-state index contributed by atoms with van der Waals surface area (Å²) in [7, 11) is 1.33. The molecule has 10 nitrogen and oxygen atoms in total. The molecule has 2 aromatic carbocycles. The van der Waals surface area contributed by atoms with E-state index in [0.717, 1.165) is 5.56 Å². The molecule has 0 radical (unpaired) electrons. The molecule has 246 valence electrons. The molecule has 0 aromatic heterocycles. The minimum Gasteiger partial charge on any atom is -0.465 e. The van der Waals surface area contributed by atoms with Gasteiger partial charge >= 0.3 is 12.1 Å². The second-order valence-corrected chi connectivity index (χ2v) is 13.1. The average Bonchev–Trinajstić information content (AvgIpc) is 3.27. The summed E-state index contributed by atoms with van der Waals surface area (Å²) in [5.41, 5.74) is 7.23. The van der Waals surface area contributed by atoms with Gasteiger partial charge in [-0.25, -0.2) is 14.0 Å². The maximum atomic E-state index is 15.3. The van der Waals surface area contributed by atoms with Crippen molar-refractivity contribution in [2.75, 3.05) is 26.7 Å². The maximum absolute atomic E-state index is 15.3. The Labute approximate surface area is 269 Å². The zero-order valence-corrected chi connectivity index (χ0v) is 27.3. The molecule has 2 unspecified atom stereocenters. The fourth-order valence-corrected chi connectivity index (χ4v) is 6.67. The number of carbonyl (C=O) groups excluding carboxylic acids is 3. The number of benzene rings is 2. The number of ether oxygens (including phenoxy) is 3. The fourth-order valence-electron chi connectivity index (χ4n) is 6.67. The van der Waals surface area contributed by atoms with Gasteiger partial charge in [-0.05, 0) is 89.6 Å². The van der Waals surface area contributed by atoms with E-state index < -0.39 is 34.9 Å². The lowest BCUT2D eigenvalue weighted by Gasteiger charge is -2.47. The molecule has 11 heteroatoms. The third kappa shape index (κ3) is 6.39. The number of halogens is 1. The number of nitrogens with two attached hydrogens (primary N) is 1. The molecular weight excluding hydrogens is 591 g/mol. The number of rotatable bonds is 7. The molecule has 3 N–H and O–H groups in total. The van der Waals surface area contributed by atoms with Gasteiger partial charge in [-0.15, -0.1) is 0 Å². The fraction of sp³-hybridized carbons (Fsp3) is 0.457. The van der Waals surface area contributed by atoms with Crippen molar-refractivity contribution >= 4 is 18.0 Å². The van der Waals surface area contributed by atoms with E-state index in [1.807, 2.05) is 31.2 Å². The minimum atomic E-state index is -1.08. The van der Waals surface area contributed by atoms with Crippen molar-refractivity contribution in [3.63, 3.8) is 0 Å². The molecule has 2 heterocycles. The van der Waals surface area contributed by atoms with Crippen molar-refractivity contribution in [1.29, 1.82) is 0 Å². The van der Waals surface area contributed by atoms with Crippen LogP contribution in [0.5, 0.6) is 11.5 Å². The summed E-state index contributed by atoms with van der Waals surface area (Å²) in [6, 6.07) is 14.1. The molecule has 1 aliphatic carbocycles. The first-order chi connectivity index (χ1) is 21.8. The van der Waals surface area contributed by atoms with E-state index in [1.54, 1.807) is 52.0 Å². The monoisotopic (exact) mass is 634 g/mol. The molecule has 2 amide bonds. The number of esters is 1. The van der Waals surface area contributed by atoms with E-state index in [4.69, 9.17) is 19.9 Å². The van der Waals surface area contributed by atoms with Crippen LogP contribution in [0, 0.1) is 5.92 Å². The Bertz CT molecular complexity index is 1570. The Hall–Kier alpha value is -4.22. The van der Waals surface area contributed by atoms with Crippen LogP contribution in [0.3, 0.4) is 0 Å². The summed E-state index contributed by atoms with van der Waals surface area (Å²) < 4.78 is 31.9. The number of para-hydroxylation sites is 1. The van der Waals surface area contributed by atoms with Crippen LogP contribution in [0.15, 0.2) is 71.8 Å². The molecular formula is C35H43FN4O6. The van der Waals surface area contributed by atoms with Crippen LogP contribution in [-0.4, -0.2) is 71.7 Å². The number of nitrogens with one attached hydrogen (secondary N) is 1. The number of hydrogen-bond acceptors (Lipinski definition) is 8. The third-order valence-corrected chi connectivity index (χ3v) is 9.06. The molecule has 3 aliphatic rings. The molecule has 2 saturated heterocycles. The van der Waals surface area contributed by atoms with Gasteiger partial charge in [-0.2, -0.15) is 0 Å². The van der Waals surface area contributed by atoms with E-state index in [9.17, 15) is 14.4 Å². The number of fused-ring (bicyclic) bond motifs is 1. The minimum absolute atomic E-state index is 0.0283. The lowest BCUT2D eigenvalue weighted by atomic mass is 9.76. The largest absolute Gasteiger partial charge is 0.465 e. The lowest BCUT2D eigenvalue weighted by Crippen LogP contribution is -2.61. The Kier molecular flexibility index (Phi) is 9.28. The number of nitrogens with zero attached hydrogens (tertiary/aromatic N) is 2. The predicted octanol–water partition coefficient (Wildman–Crippen LogP) is 5.61. The summed E-state index contributed by atoms with van der Waals surface area (Å²) in [6.07, 6.45) is 1.39. The van der Waals surface area contributed by atoms with Crippen LogP contribution < -0.4 is 15.8 Å². The van der Waals surface area contributed by atoms with E-state index in [-0.39, 0.29) is 30.8 Å². The third-order valence-electron chi connectivity index (χ3n) is 9.06. The van der Waals surface area contributed by atoms with Gasteiger partial charge in [-0.1, -0.05) is 18.2 Å². The Morgan fingerprint density at radius 1 is 1.15 bits per heavy atom. The van der Waals surface area contributed by atoms with Crippen molar-refractivity contribution in [2.24, 2.45) is 11.7 Å². The van der Waals surface area contributed by atoms with E-state index in [1.165, 1.54) is 18.1 Å². The molecule has 0 bridgehead atoms. The van der Waals surface area contributed by atoms with Crippen LogP contribution in [0.4, 0.5) is 9.18 Å². The number of piperidine rings is 1. The van der Waals surface area contributed by atoms with Crippen molar-refractivity contribution in [3.05, 3.63) is 83.0 Å². The number of likely N-dealkylation sites (N-methyl/N-ethyl adjacent to an activating group) is 1. The number of amides is 2. The molecule has 4 atom stereocenters. The smallest absolute Gasteiger partial charge is 0.414 e. The second-order valence-electron chi connectivity index (χ2n) is 13.1. The molecule has 2 fully saturated rings. The Morgan fingerprint density at radius 2 is 1.85 bits per heavy atom. The predicted molar refractivity (Wildman–Crippen MR) is 171 cm³/mol. The molecule has 0 saturated carbocycles. The SMILES string of the molecule is CCN(C(=O)OC(C)(C)C)C1=C2NC(=O)C(C)(N3CC[C@H](c4ccccc4Oc4ccc(C(=O)OC)cc4)[C@@H](N)C3)C2CC(F)=C1. The van der Waals surface area contributed by atoms with Gasteiger partial charge in [0.15, 0.2) is 0 Å². The lowest BCUT2D eigenvalue weighted by molar-refractivity contribution is -0.131. The second kappa shape index (κ2) is 12.9. The first kappa shape index (κ1) is 33.2. The number of likely N-dealkylation sites (tertiary alicyclic amines) is 1. The average molecular weight is 635 g/mol. The highest BCUT2D eigenvalue weighted by Gasteiger charge is 2.56. The van der Waals surface area contributed by atoms with Gasteiger partial charge in [0.25, 0.3) is 0 Å². The van der Waals surface area contributed by atoms with Crippen LogP contribution in [-0.2, 0) is 14.3 Å². The van der Waals surface area contributed by atoms with Gasteiger partial charge in [0, 0.05) is 43.1 Å². The number of hydrogen-bond donors (Lipinski definition) is 2. The van der Waals surface area contributed by atoms with Crippen molar-refractivity contribution < 1.29 is 33.0 Å². The molecule has 2 aromatic rings. The normalized spacial score (nSPS) is 24.9. The zero-order valence-electron chi connectivity index (χ0n) is 27.3. The highest BCUT2D eigenvalue weighted by molar-refractivity contribution is 5.92. The van der Waals surface area contributed by atoms with Crippen LogP contribution >= 0.6 is 0 Å². The molecule has 46 heavy (non-hydrogen) atoms. The first-order valence-corrected chi connectivity index (χ1v) is 15.6. The number of allylic oxidation sites excluding steroid dienone is 2. The van der Waals surface area contributed by atoms with E-state index >= 15 is 4.39 Å². The van der Waals surface area contributed by atoms with Gasteiger partial charge in [0.2, 0.25) is 5.91 Å². The van der Waals surface area contributed by atoms with Crippen LogP contribution in [0.25, 0.3) is 0 Å².